The van der Waals surface area contributed by atoms with E-state index < -0.39 is 15.3 Å². The van der Waals surface area contributed by atoms with Crippen molar-refractivity contribution in [1.29, 1.82) is 5.26 Å². The van der Waals surface area contributed by atoms with Crippen LogP contribution in [-0.2, 0) is 16.3 Å². The van der Waals surface area contributed by atoms with Crippen LogP contribution >= 0.6 is 11.6 Å². The van der Waals surface area contributed by atoms with Crippen molar-refractivity contribution >= 4 is 21.4 Å². The molecule has 1 aromatic carbocycles. The summed E-state index contributed by atoms with van der Waals surface area (Å²) in [5.74, 6) is 0.0906. The third-order valence-electron chi connectivity index (χ3n) is 3.08. The molecule has 2 rings (SSSR count). The van der Waals surface area contributed by atoms with E-state index >= 15 is 0 Å². The van der Waals surface area contributed by atoms with Crippen molar-refractivity contribution < 1.29 is 8.42 Å². The third-order valence-corrected chi connectivity index (χ3v) is 5.15. The van der Waals surface area contributed by atoms with Gasteiger partial charge in [-0.05, 0) is 30.5 Å². The van der Waals surface area contributed by atoms with E-state index in [4.69, 9.17) is 11.6 Å². The maximum absolute atomic E-state index is 11.5. The van der Waals surface area contributed by atoms with Gasteiger partial charge in [-0.1, -0.05) is 23.7 Å². The highest BCUT2D eigenvalue weighted by atomic mass is 35.5. The van der Waals surface area contributed by atoms with Crippen molar-refractivity contribution in [3.63, 3.8) is 0 Å². The van der Waals surface area contributed by atoms with Gasteiger partial charge in [0, 0.05) is 5.02 Å². The molecular formula is C12H12ClNO2S. The van der Waals surface area contributed by atoms with Crippen molar-refractivity contribution in [2.24, 2.45) is 5.41 Å². The first-order chi connectivity index (χ1) is 7.95. The molecule has 5 heteroatoms. The molecule has 0 N–H and O–H groups in total. The zero-order valence-electron chi connectivity index (χ0n) is 9.19. The van der Waals surface area contributed by atoms with Crippen LogP contribution in [0.4, 0.5) is 0 Å². The van der Waals surface area contributed by atoms with Gasteiger partial charge in [-0.15, -0.1) is 0 Å². The minimum atomic E-state index is -3.04. The third kappa shape index (κ3) is 2.80. The second-order valence-corrected chi connectivity index (χ2v) is 7.16. The van der Waals surface area contributed by atoms with Crippen LogP contribution in [0.15, 0.2) is 24.3 Å². The number of hydrogen-bond acceptors (Lipinski definition) is 3. The molecule has 1 aromatic rings. The average Bonchev–Trinajstić information content (AvgIpc) is 2.59. The molecule has 0 spiro atoms. The second-order valence-electron chi connectivity index (χ2n) is 4.54. The highest BCUT2D eigenvalue weighted by Gasteiger charge is 2.42. The van der Waals surface area contributed by atoms with Gasteiger partial charge in [0.05, 0.1) is 23.0 Å². The van der Waals surface area contributed by atoms with Crippen LogP contribution in [-0.4, -0.2) is 19.9 Å². The van der Waals surface area contributed by atoms with Gasteiger partial charge in [-0.25, -0.2) is 8.42 Å². The van der Waals surface area contributed by atoms with Gasteiger partial charge in [0.25, 0.3) is 0 Å². The molecule has 1 heterocycles. The quantitative estimate of drug-likeness (QED) is 0.827. The predicted molar refractivity (Wildman–Crippen MR) is 66.5 cm³/mol. The van der Waals surface area contributed by atoms with Crippen molar-refractivity contribution in [2.45, 2.75) is 12.8 Å². The van der Waals surface area contributed by atoms with E-state index in [9.17, 15) is 13.7 Å². The first kappa shape index (κ1) is 12.4. The minimum Gasteiger partial charge on any atom is -0.229 e. The Morgan fingerprint density at radius 1 is 1.35 bits per heavy atom. The predicted octanol–water partition coefficient (Wildman–Crippen LogP) is 2.21. The summed E-state index contributed by atoms with van der Waals surface area (Å²) in [6.07, 6.45) is 0.897. The first-order valence-corrected chi connectivity index (χ1v) is 7.51. The standard InChI is InChI=1S/C12H12ClNO2S/c13-11-3-1-10(2-4-11)7-12(8-14)5-6-17(15,16)9-12/h1-4H,5-7,9H2. The number of halogens is 1. The SMILES string of the molecule is N#CC1(Cc2ccc(Cl)cc2)CCS(=O)(=O)C1. The topological polar surface area (TPSA) is 57.9 Å². The number of hydrogen-bond donors (Lipinski definition) is 0. The largest absolute Gasteiger partial charge is 0.229 e. The van der Waals surface area contributed by atoms with E-state index in [1.54, 1.807) is 12.1 Å². The molecular weight excluding hydrogens is 258 g/mol. The van der Waals surface area contributed by atoms with Crippen LogP contribution in [0, 0.1) is 16.7 Å². The van der Waals surface area contributed by atoms with Gasteiger partial charge in [0.2, 0.25) is 0 Å². The fourth-order valence-electron chi connectivity index (χ4n) is 2.18. The Labute approximate surface area is 106 Å². The van der Waals surface area contributed by atoms with Crippen LogP contribution in [0.2, 0.25) is 5.02 Å². The lowest BCUT2D eigenvalue weighted by molar-refractivity contribution is 0.451. The normalized spacial score (nSPS) is 26.6. The molecule has 1 fully saturated rings. The molecule has 17 heavy (non-hydrogen) atoms. The highest BCUT2D eigenvalue weighted by molar-refractivity contribution is 7.91. The number of rotatable bonds is 2. The molecule has 0 aliphatic carbocycles. The summed E-state index contributed by atoms with van der Waals surface area (Å²) in [4.78, 5) is 0. The molecule has 1 aliphatic rings. The Hall–Kier alpha value is -1.05. The van der Waals surface area contributed by atoms with E-state index in [0.29, 0.717) is 17.9 Å². The molecule has 1 unspecified atom stereocenters. The van der Waals surface area contributed by atoms with Gasteiger partial charge in [-0.2, -0.15) is 5.26 Å². The summed E-state index contributed by atoms with van der Waals surface area (Å²) in [6.45, 7) is 0. The Morgan fingerprint density at radius 3 is 2.47 bits per heavy atom. The molecule has 90 valence electrons. The summed E-state index contributed by atoms with van der Waals surface area (Å²) >= 11 is 5.78. The van der Waals surface area contributed by atoms with E-state index in [0.717, 1.165) is 5.56 Å². The van der Waals surface area contributed by atoms with E-state index in [1.807, 2.05) is 12.1 Å². The van der Waals surface area contributed by atoms with Gasteiger partial charge in [-0.3, -0.25) is 0 Å². The molecule has 1 atom stereocenters. The van der Waals surface area contributed by atoms with Crippen molar-refractivity contribution in [1.82, 2.24) is 0 Å². The summed E-state index contributed by atoms with van der Waals surface area (Å²) in [5.41, 5.74) is 0.195. The van der Waals surface area contributed by atoms with Crippen molar-refractivity contribution in [3.8, 4) is 6.07 Å². The molecule has 3 nitrogen and oxygen atoms in total. The second kappa shape index (κ2) is 4.32. The van der Waals surface area contributed by atoms with Crippen molar-refractivity contribution in [3.05, 3.63) is 34.9 Å². The van der Waals surface area contributed by atoms with Crippen LogP contribution in [0.5, 0.6) is 0 Å². The molecule has 1 saturated heterocycles. The Kier molecular flexibility index (Phi) is 3.15. The number of nitrogens with zero attached hydrogens (tertiary/aromatic N) is 1. The van der Waals surface area contributed by atoms with E-state index in [2.05, 4.69) is 6.07 Å². The Balaban J connectivity index is 2.22. The van der Waals surface area contributed by atoms with Crippen LogP contribution in [0.25, 0.3) is 0 Å². The lowest BCUT2D eigenvalue weighted by Gasteiger charge is -2.18. The summed E-state index contributed by atoms with van der Waals surface area (Å²) in [5, 5.41) is 9.86. The van der Waals surface area contributed by atoms with E-state index in [-0.39, 0.29) is 11.5 Å². The zero-order valence-corrected chi connectivity index (χ0v) is 10.8. The highest BCUT2D eigenvalue weighted by Crippen LogP contribution is 2.35. The smallest absolute Gasteiger partial charge is 0.151 e. The molecule has 1 aliphatic heterocycles. The average molecular weight is 270 g/mol. The maximum atomic E-state index is 11.5. The Morgan fingerprint density at radius 2 is 2.00 bits per heavy atom. The van der Waals surface area contributed by atoms with Gasteiger partial charge < -0.3 is 0 Å². The lowest BCUT2D eigenvalue weighted by atomic mass is 9.83. The fourth-order valence-corrected chi connectivity index (χ4v) is 4.30. The maximum Gasteiger partial charge on any atom is 0.151 e. The monoisotopic (exact) mass is 269 g/mol. The first-order valence-electron chi connectivity index (χ1n) is 5.31. The summed E-state index contributed by atoms with van der Waals surface area (Å²) in [7, 11) is -3.04. The minimum absolute atomic E-state index is 0.0286. The molecule has 0 amide bonds. The van der Waals surface area contributed by atoms with Gasteiger partial charge in [0.1, 0.15) is 0 Å². The molecule has 0 radical (unpaired) electrons. The molecule has 0 bridgehead atoms. The van der Waals surface area contributed by atoms with Crippen molar-refractivity contribution in [2.75, 3.05) is 11.5 Å². The summed E-state index contributed by atoms with van der Waals surface area (Å²) < 4.78 is 23.0. The fraction of sp³-hybridized carbons (Fsp3) is 0.417. The number of sulfone groups is 1. The number of nitriles is 1. The van der Waals surface area contributed by atoms with Gasteiger partial charge in [0.15, 0.2) is 9.84 Å². The van der Waals surface area contributed by atoms with E-state index in [1.165, 1.54) is 0 Å². The summed E-state index contributed by atoms with van der Waals surface area (Å²) in [6, 6.07) is 9.37. The number of benzene rings is 1. The lowest BCUT2D eigenvalue weighted by Crippen LogP contribution is -2.23. The molecule has 0 aromatic heterocycles. The van der Waals surface area contributed by atoms with Gasteiger partial charge >= 0.3 is 0 Å². The Bertz CT molecular complexity index is 559. The van der Waals surface area contributed by atoms with Crippen LogP contribution in [0.3, 0.4) is 0 Å². The molecule has 0 saturated carbocycles. The van der Waals surface area contributed by atoms with Crippen LogP contribution < -0.4 is 0 Å². The van der Waals surface area contributed by atoms with Crippen LogP contribution in [0.1, 0.15) is 12.0 Å². The zero-order chi connectivity index (χ0) is 12.5.